The molecule has 8 nitrogen and oxygen atoms in total. The van der Waals surface area contributed by atoms with Gasteiger partial charge in [0, 0.05) is 11.3 Å². The lowest BCUT2D eigenvalue weighted by Crippen LogP contribution is -2.22. The Morgan fingerprint density at radius 3 is 2.36 bits per heavy atom. The van der Waals surface area contributed by atoms with E-state index in [1.807, 2.05) is 66.9 Å². The van der Waals surface area contributed by atoms with Crippen LogP contribution in [0.15, 0.2) is 83.1 Å². The summed E-state index contributed by atoms with van der Waals surface area (Å²) in [4.78, 5) is 12.6. The molecule has 4 aromatic rings. The molecule has 3 aromatic carbocycles. The molecule has 0 aliphatic heterocycles. The van der Waals surface area contributed by atoms with E-state index in [1.165, 1.54) is 11.8 Å². The largest absolute Gasteiger partial charge is 0.508 e. The number of aryl methyl sites for hydroxylation is 1. The van der Waals surface area contributed by atoms with E-state index < -0.39 is 0 Å². The van der Waals surface area contributed by atoms with Gasteiger partial charge >= 0.3 is 0 Å². The van der Waals surface area contributed by atoms with E-state index in [0.29, 0.717) is 17.4 Å². The van der Waals surface area contributed by atoms with Gasteiger partial charge in [0.25, 0.3) is 5.91 Å². The molecule has 2 N–H and O–H groups in total. The molecule has 0 atom stereocenters. The molecular weight excluding hydrogens is 474 g/mol. The van der Waals surface area contributed by atoms with E-state index in [0.717, 1.165) is 33.8 Å². The summed E-state index contributed by atoms with van der Waals surface area (Å²) < 4.78 is 7.21. The number of methoxy groups -OCH3 is 1. The lowest BCUT2D eigenvalue weighted by molar-refractivity contribution is -0.118. The van der Waals surface area contributed by atoms with Crippen molar-refractivity contribution < 1.29 is 14.6 Å². The van der Waals surface area contributed by atoms with Gasteiger partial charge in [0.15, 0.2) is 11.0 Å². The van der Waals surface area contributed by atoms with Crippen LogP contribution in [0.2, 0.25) is 0 Å². The Kier molecular flexibility index (Phi) is 8.02. The maximum absolute atomic E-state index is 12.6. The molecule has 0 fully saturated rings. The minimum Gasteiger partial charge on any atom is -0.508 e. The number of phenols is 1. The van der Waals surface area contributed by atoms with Crippen molar-refractivity contribution in [2.24, 2.45) is 5.10 Å². The monoisotopic (exact) mass is 501 g/mol. The van der Waals surface area contributed by atoms with Crippen LogP contribution >= 0.6 is 11.8 Å². The first-order chi connectivity index (χ1) is 17.5. The number of amides is 1. The highest BCUT2D eigenvalue weighted by Gasteiger charge is 2.17. The summed E-state index contributed by atoms with van der Waals surface area (Å²) in [5.41, 5.74) is 7.11. The minimum atomic E-state index is -0.255. The van der Waals surface area contributed by atoms with E-state index in [-0.39, 0.29) is 17.4 Å². The third kappa shape index (κ3) is 5.92. The van der Waals surface area contributed by atoms with Gasteiger partial charge < -0.3 is 9.84 Å². The lowest BCUT2D eigenvalue weighted by Gasteiger charge is -2.11. The predicted octanol–water partition coefficient (Wildman–Crippen LogP) is 4.98. The van der Waals surface area contributed by atoms with Crippen LogP contribution in [0.4, 0.5) is 0 Å². The van der Waals surface area contributed by atoms with Gasteiger partial charge in [-0.15, -0.1) is 10.2 Å². The number of nitrogens with zero attached hydrogens (tertiary/aromatic N) is 4. The number of phenolic OH excluding ortho intramolecular Hbond substituents is 1. The van der Waals surface area contributed by atoms with Gasteiger partial charge in [0.05, 0.1) is 18.6 Å². The number of carbonyl (C=O) groups excluding carboxylic acids is 1. The Bertz CT molecular complexity index is 1350. The van der Waals surface area contributed by atoms with Gasteiger partial charge in [0.1, 0.15) is 11.5 Å². The molecule has 4 rings (SSSR count). The van der Waals surface area contributed by atoms with E-state index in [2.05, 4.69) is 20.7 Å². The topological polar surface area (TPSA) is 102 Å². The van der Waals surface area contributed by atoms with Gasteiger partial charge in [-0.3, -0.25) is 9.36 Å². The molecule has 0 unspecified atom stereocenters. The standard InChI is InChI=1S/C27H27N5O3S/c1-4-24(19-7-13-22(33)14-8-19)28-29-25(34)17-36-27-31-30-26(20-9-15-23(35-3)16-10-20)32(27)21-11-5-18(2)6-12-21/h5-16,33H,4,17H2,1-3H3,(H,29,34). The molecular formula is C27H27N5O3S. The Labute approximate surface area is 214 Å². The van der Waals surface area contributed by atoms with Crippen molar-refractivity contribution in [1.82, 2.24) is 20.2 Å². The zero-order chi connectivity index (χ0) is 25.5. The smallest absolute Gasteiger partial charge is 0.250 e. The summed E-state index contributed by atoms with van der Waals surface area (Å²) >= 11 is 1.28. The van der Waals surface area contributed by atoms with E-state index in [9.17, 15) is 9.90 Å². The number of rotatable bonds is 9. The second-order valence-electron chi connectivity index (χ2n) is 7.99. The van der Waals surface area contributed by atoms with Crippen LogP contribution in [-0.2, 0) is 4.79 Å². The number of ether oxygens (including phenoxy) is 1. The first-order valence-electron chi connectivity index (χ1n) is 11.4. The molecule has 0 saturated carbocycles. The van der Waals surface area contributed by atoms with Crippen LogP contribution in [0, 0.1) is 6.92 Å². The molecule has 1 amide bonds. The number of carbonyl (C=O) groups is 1. The SMILES string of the molecule is CCC(=NNC(=O)CSc1nnc(-c2ccc(OC)cc2)n1-c1ccc(C)cc1)c1ccc(O)cc1. The molecule has 1 aromatic heterocycles. The fourth-order valence-electron chi connectivity index (χ4n) is 3.51. The van der Waals surface area contributed by atoms with E-state index in [4.69, 9.17) is 4.74 Å². The van der Waals surface area contributed by atoms with Crippen molar-refractivity contribution in [3.63, 3.8) is 0 Å². The maximum Gasteiger partial charge on any atom is 0.250 e. The molecule has 1 heterocycles. The summed E-state index contributed by atoms with van der Waals surface area (Å²) in [5, 5.41) is 23.2. The van der Waals surface area contributed by atoms with Gasteiger partial charge in [-0.05, 0) is 79.6 Å². The molecule has 0 aliphatic rings. The van der Waals surface area contributed by atoms with Gasteiger partial charge in [0.2, 0.25) is 0 Å². The molecule has 0 bridgehead atoms. The Morgan fingerprint density at radius 2 is 1.72 bits per heavy atom. The molecule has 0 saturated heterocycles. The summed E-state index contributed by atoms with van der Waals surface area (Å²) in [6.07, 6.45) is 0.630. The molecule has 184 valence electrons. The van der Waals surface area contributed by atoms with Gasteiger partial charge in [-0.25, -0.2) is 5.43 Å². The van der Waals surface area contributed by atoms with Crippen LogP contribution in [0.1, 0.15) is 24.5 Å². The number of hydrogen-bond acceptors (Lipinski definition) is 7. The zero-order valence-corrected chi connectivity index (χ0v) is 21.1. The van der Waals surface area contributed by atoms with Crippen molar-refractivity contribution in [2.45, 2.75) is 25.4 Å². The average Bonchev–Trinajstić information content (AvgIpc) is 3.33. The Hall–Kier alpha value is -4.11. The fourth-order valence-corrected chi connectivity index (χ4v) is 4.26. The molecule has 36 heavy (non-hydrogen) atoms. The van der Waals surface area contributed by atoms with Crippen LogP contribution in [0.25, 0.3) is 17.1 Å². The first-order valence-corrected chi connectivity index (χ1v) is 12.4. The molecule has 9 heteroatoms. The number of benzene rings is 3. The quantitative estimate of drug-likeness (QED) is 0.191. The first kappa shape index (κ1) is 25.0. The summed E-state index contributed by atoms with van der Waals surface area (Å²) in [6.45, 7) is 3.99. The van der Waals surface area contributed by atoms with Crippen molar-refractivity contribution in [3.05, 3.63) is 83.9 Å². The average molecular weight is 502 g/mol. The minimum absolute atomic E-state index is 0.114. The lowest BCUT2D eigenvalue weighted by atomic mass is 10.1. The van der Waals surface area contributed by atoms with Crippen LogP contribution in [-0.4, -0.2) is 44.4 Å². The van der Waals surface area contributed by atoms with Crippen molar-refractivity contribution in [1.29, 1.82) is 0 Å². The van der Waals surface area contributed by atoms with Crippen LogP contribution in [0.5, 0.6) is 11.5 Å². The summed E-state index contributed by atoms with van der Waals surface area (Å²) in [5.74, 6) is 1.46. The fraction of sp³-hybridized carbons (Fsp3) is 0.185. The van der Waals surface area contributed by atoms with E-state index >= 15 is 0 Å². The van der Waals surface area contributed by atoms with Crippen molar-refractivity contribution >= 4 is 23.4 Å². The second kappa shape index (κ2) is 11.5. The number of nitrogens with one attached hydrogen (secondary N) is 1. The number of hydrogen-bond donors (Lipinski definition) is 2. The third-order valence-corrected chi connectivity index (χ3v) is 6.39. The number of aromatic hydroxyl groups is 1. The zero-order valence-electron chi connectivity index (χ0n) is 20.3. The van der Waals surface area contributed by atoms with Crippen LogP contribution in [0.3, 0.4) is 0 Å². The predicted molar refractivity (Wildman–Crippen MR) is 142 cm³/mol. The number of aromatic nitrogens is 3. The summed E-state index contributed by atoms with van der Waals surface area (Å²) in [7, 11) is 1.63. The van der Waals surface area contributed by atoms with Crippen LogP contribution < -0.4 is 10.2 Å². The molecule has 0 aliphatic carbocycles. The maximum atomic E-state index is 12.6. The Morgan fingerprint density at radius 1 is 1.03 bits per heavy atom. The number of thioether (sulfide) groups is 1. The molecule has 0 radical (unpaired) electrons. The normalized spacial score (nSPS) is 11.4. The molecule has 0 spiro atoms. The summed E-state index contributed by atoms with van der Waals surface area (Å²) in [6, 6.07) is 22.4. The second-order valence-corrected chi connectivity index (χ2v) is 8.93. The van der Waals surface area contributed by atoms with E-state index in [1.54, 1.807) is 31.4 Å². The highest BCUT2D eigenvalue weighted by atomic mass is 32.2. The third-order valence-electron chi connectivity index (χ3n) is 5.46. The highest BCUT2D eigenvalue weighted by molar-refractivity contribution is 7.99. The highest BCUT2D eigenvalue weighted by Crippen LogP contribution is 2.29. The Balaban J connectivity index is 1.54. The number of hydrazone groups is 1. The van der Waals surface area contributed by atoms with Crippen molar-refractivity contribution in [3.8, 4) is 28.6 Å². The van der Waals surface area contributed by atoms with Gasteiger partial charge in [-0.1, -0.05) is 36.4 Å². The van der Waals surface area contributed by atoms with Crippen molar-refractivity contribution in [2.75, 3.05) is 12.9 Å². The van der Waals surface area contributed by atoms with Gasteiger partial charge in [-0.2, -0.15) is 5.10 Å².